The lowest BCUT2D eigenvalue weighted by molar-refractivity contribution is 0.476. The molecule has 0 saturated carbocycles. The van der Waals surface area contributed by atoms with E-state index in [0.717, 1.165) is 44.2 Å². The van der Waals surface area contributed by atoms with Gasteiger partial charge in [0.25, 0.3) is 0 Å². The van der Waals surface area contributed by atoms with Gasteiger partial charge in [0.1, 0.15) is 5.69 Å². The van der Waals surface area contributed by atoms with E-state index in [1.54, 1.807) is 0 Å². The van der Waals surface area contributed by atoms with E-state index < -0.39 is 0 Å². The first-order valence-corrected chi connectivity index (χ1v) is 9.20. The molecule has 7 nitrogen and oxygen atoms in total. The lowest BCUT2D eigenvalue weighted by Gasteiger charge is -2.13. The second-order valence-electron chi connectivity index (χ2n) is 6.77. The van der Waals surface area contributed by atoms with E-state index in [-0.39, 0.29) is 24.8 Å². The van der Waals surface area contributed by atoms with Crippen molar-refractivity contribution in [3.8, 4) is 11.5 Å². The van der Waals surface area contributed by atoms with Crippen LogP contribution in [0.2, 0.25) is 0 Å². The third-order valence-corrected chi connectivity index (χ3v) is 4.97. The topological polar surface area (TPSA) is 65.5 Å². The van der Waals surface area contributed by atoms with Gasteiger partial charge >= 0.3 is 0 Å². The molecule has 9 heteroatoms. The van der Waals surface area contributed by atoms with E-state index in [4.69, 9.17) is 5.10 Å². The molecule has 1 aliphatic rings. The fraction of sp³-hybridized carbons (Fsp3) is 0.250. The molecule has 0 amide bonds. The number of halogens is 2. The zero-order valence-electron chi connectivity index (χ0n) is 15.8. The van der Waals surface area contributed by atoms with Crippen molar-refractivity contribution in [1.82, 2.24) is 34.4 Å². The third kappa shape index (κ3) is 4.37. The average Bonchev–Trinajstić information content (AvgIpc) is 3.43. The van der Waals surface area contributed by atoms with E-state index in [1.807, 2.05) is 35.5 Å². The molecule has 0 aliphatic carbocycles. The smallest absolute Gasteiger partial charge is 0.160 e. The monoisotopic (exact) mass is 431 g/mol. The Kier molecular flexibility index (Phi) is 6.74. The Labute approximate surface area is 181 Å². The van der Waals surface area contributed by atoms with E-state index in [1.165, 1.54) is 16.8 Å². The zero-order chi connectivity index (χ0) is 18.1. The van der Waals surface area contributed by atoms with Crippen LogP contribution in [-0.4, -0.2) is 35.7 Å². The molecule has 0 spiro atoms. The van der Waals surface area contributed by atoms with Crippen molar-refractivity contribution < 1.29 is 0 Å². The molecule has 4 aromatic rings. The maximum Gasteiger partial charge on any atom is 0.160 e. The number of imidazole rings is 1. The predicted molar refractivity (Wildman–Crippen MR) is 117 cm³/mol. The van der Waals surface area contributed by atoms with Crippen LogP contribution in [0.3, 0.4) is 0 Å². The summed E-state index contributed by atoms with van der Waals surface area (Å²) in [6, 6.07) is 12.6. The zero-order valence-corrected chi connectivity index (χ0v) is 17.4. The van der Waals surface area contributed by atoms with Crippen LogP contribution in [-0.2, 0) is 26.2 Å². The molecule has 5 rings (SSSR count). The first-order chi connectivity index (χ1) is 13.4. The van der Waals surface area contributed by atoms with Crippen LogP contribution >= 0.6 is 24.8 Å². The summed E-state index contributed by atoms with van der Waals surface area (Å²) in [6.07, 6.45) is 7.67. The van der Waals surface area contributed by atoms with Gasteiger partial charge in [-0.2, -0.15) is 10.2 Å². The summed E-state index contributed by atoms with van der Waals surface area (Å²) >= 11 is 0. The van der Waals surface area contributed by atoms with Crippen molar-refractivity contribution in [3.63, 3.8) is 0 Å². The minimum atomic E-state index is 0. The molecule has 0 atom stereocenters. The standard InChI is InChI=1S/C20H21N7.2ClH/c1-2-5-17(15-26-9-3-6-23-26)16(4-1)14-25-10-8-22-20(25)19-12-18-13-21-7-11-27(18)24-19;;/h1-6,8-10,12,21H,7,11,13-15H2;2*1H. The predicted octanol–water partition coefficient (Wildman–Crippen LogP) is 2.99. The highest BCUT2D eigenvalue weighted by molar-refractivity contribution is 5.85. The van der Waals surface area contributed by atoms with Crippen molar-refractivity contribution in [2.45, 2.75) is 26.2 Å². The highest BCUT2D eigenvalue weighted by atomic mass is 35.5. The number of aromatic nitrogens is 6. The Morgan fingerprint density at radius 2 is 1.79 bits per heavy atom. The van der Waals surface area contributed by atoms with Crippen LogP contribution in [0.15, 0.2) is 61.2 Å². The summed E-state index contributed by atoms with van der Waals surface area (Å²) in [7, 11) is 0. The lowest BCUT2D eigenvalue weighted by atomic mass is 10.1. The van der Waals surface area contributed by atoms with Crippen molar-refractivity contribution in [2.75, 3.05) is 6.54 Å². The van der Waals surface area contributed by atoms with Crippen LogP contribution < -0.4 is 5.32 Å². The summed E-state index contributed by atoms with van der Waals surface area (Å²) < 4.78 is 6.20. The Morgan fingerprint density at radius 3 is 2.55 bits per heavy atom. The fourth-order valence-electron chi connectivity index (χ4n) is 3.59. The SMILES string of the molecule is Cl.Cl.c1ccc(Cn2ccnc2-c2cc3n(n2)CCNC3)c(Cn2cccn2)c1. The summed E-state index contributed by atoms with van der Waals surface area (Å²) in [4.78, 5) is 4.58. The van der Waals surface area contributed by atoms with Gasteiger partial charge in [-0.25, -0.2) is 4.98 Å². The molecule has 0 fully saturated rings. The van der Waals surface area contributed by atoms with Gasteiger partial charge in [-0.15, -0.1) is 24.8 Å². The molecule has 1 aromatic carbocycles. The number of rotatable bonds is 5. The van der Waals surface area contributed by atoms with Crippen molar-refractivity contribution in [3.05, 3.63) is 78.0 Å². The largest absolute Gasteiger partial charge is 0.325 e. The van der Waals surface area contributed by atoms with Crippen LogP contribution in [0, 0.1) is 0 Å². The van der Waals surface area contributed by atoms with E-state index in [9.17, 15) is 0 Å². The summed E-state index contributed by atoms with van der Waals surface area (Å²) in [5, 5.41) is 12.5. The van der Waals surface area contributed by atoms with Gasteiger partial charge in [-0.1, -0.05) is 24.3 Å². The molecule has 0 radical (unpaired) electrons. The number of hydrogen-bond donors (Lipinski definition) is 1. The Morgan fingerprint density at radius 1 is 0.966 bits per heavy atom. The second kappa shape index (κ2) is 9.26. The minimum Gasteiger partial charge on any atom is -0.325 e. The molecule has 1 N–H and O–H groups in total. The molecule has 0 unspecified atom stereocenters. The van der Waals surface area contributed by atoms with Crippen molar-refractivity contribution in [1.29, 1.82) is 0 Å². The van der Waals surface area contributed by atoms with Gasteiger partial charge in [0.15, 0.2) is 5.82 Å². The Bertz CT molecular complexity index is 1030. The summed E-state index contributed by atoms with van der Waals surface area (Å²) in [5.41, 5.74) is 4.67. The fourth-order valence-corrected chi connectivity index (χ4v) is 3.59. The normalized spacial score (nSPS) is 12.7. The molecule has 0 bridgehead atoms. The second-order valence-corrected chi connectivity index (χ2v) is 6.77. The first kappa shape index (κ1) is 21.1. The Hall–Kier alpha value is -2.61. The van der Waals surface area contributed by atoms with Crippen LogP contribution in [0.25, 0.3) is 11.5 Å². The van der Waals surface area contributed by atoms with Crippen LogP contribution in [0.1, 0.15) is 16.8 Å². The van der Waals surface area contributed by atoms with Gasteiger partial charge in [0.2, 0.25) is 0 Å². The molecule has 0 saturated heterocycles. The van der Waals surface area contributed by atoms with Crippen LogP contribution in [0.5, 0.6) is 0 Å². The summed E-state index contributed by atoms with van der Waals surface area (Å²) in [5.74, 6) is 0.908. The number of fused-ring (bicyclic) bond motifs is 1. The van der Waals surface area contributed by atoms with Gasteiger partial charge in [-0.3, -0.25) is 9.36 Å². The van der Waals surface area contributed by atoms with E-state index in [0.29, 0.717) is 0 Å². The minimum absolute atomic E-state index is 0. The molecular weight excluding hydrogens is 409 g/mol. The first-order valence-electron chi connectivity index (χ1n) is 9.20. The number of hydrogen-bond acceptors (Lipinski definition) is 4. The third-order valence-electron chi connectivity index (χ3n) is 4.97. The molecule has 4 heterocycles. The molecule has 3 aromatic heterocycles. The summed E-state index contributed by atoms with van der Waals surface area (Å²) in [6.45, 7) is 4.25. The van der Waals surface area contributed by atoms with E-state index >= 15 is 0 Å². The number of benzene rings is 1. The highest BCUT2D eigenvalue weighted by Gasteiger charge is 2.16. The maximum atomic E-state index is 4.76. The maximum absolute atomic E-state index is 4.76. The number of nitrogens with zero attached hydrogens (tertiary/aromatic N) is 6. The van der Waals surface area contributed by atoms with Gasteiger partial charge < -0.3 is 9.88 Å². The van der Waals surface area contributed by atoms with Crippen molar-refractivity contribution >= 4 is 24.8 Å². The van der Waals surface area contributed by atoms with Gasteiger partial charge in [-0.05, 0) is 23.3 Å². The molecule has 1 aliphatic heterocycles. The Balaban J connectivity index is 0.00000120. The molecular formula is C20H23Cl2N7. The highest BCUT2D eigenvalue weighted by Crippen LogP contribution is 2.21. The molecule has 29 heavy (non-hydrogen) atoms. The van der Waals surface area contributed by atoms with Crippen molar-refractivity contribution in [2.24, 2.45) is 0 Å². The van der Waals surface area contributed by atoms with Crippen LogP contribution in [0.4, 0.5) is 0 Å². The van der Waals surface area contributed by atoms with Gasteiger partial charge in [0, 0.05) is 44.4 Å². The lowest BCUT2D eigenvalue weighted by Crippen LogP contribution is -2.28. The van der Waals surface area contributed by atoms with Gasteiger partial charge in [0.05, 0.1) is 18.8 Å². The average molecular weight is 432 g/mol. The quantitative estimate of drug-likeness (QED) is 0.527. The van der Waals surface area contributed by atoms with E-state index in [2.05, 4.69) is 55.0 Å². The molecule has 152 valence electrons. The number of nitrogens with one attached hydrogen (secondary N) is 1.